The summed E-state index contributed by atoms with van der Waals surface area (Å²) in [7, 11) is 0. The highest BCUT2D eigenvalue weighted by Crippen LogP contribution is 2.33. The molecular weight excluding hydrogens is 280 g/mol. The molecule has 0 atom stereocenters. The van der Waals surface area contributed by atoms with Crippen molar-refractivity contribution in [1.82, 2.24) is 0 Å². The van der Waals surface area contributed by atoms with Crippen molar-refractivity contribution in [3.63, 3.8) is 0 Å². The molecule has 112 valence electrons. The zero-order chi connectivity index (χ0) is 15.5. The Balaban J connectivity index is 1.97. The fraction of sp³-hybridized carbons (Fsp3) is 0.444. The lowest BCUT2D eigenvalue weighted by molar-refractivity contribution is -0.127. The Labute approximate surface area is 131 Å². The van der Waals surface area contributed by atoms with Gasteiger partial charge in [0.2, 0.25) is 0 Å². The molecule has 0 heterocycles. The van der Waals surface area contributed by atoms with Gasteiger partial charge in [0.25, 0.3) is 0 Å². The third-order valence-electron chi connectivity index (χ3n) is 3.82. The Hall–Kier alpha value is -1.35. The molecule has 1 aliphatic carbocycles. The largest absolute Gasteiger partial charge is 0.294 e. The number of ketones is 2. The van der Waals surface area contributed by atoms with Crippen LogP contribution in [0.15, 0.2) is 40.8 Å². The van der Waals surface area contributed by atoms with E-state index in [1.807, 2.05) is 19.9 Å². The topological polar surface area (TPSA) is 34.1 Å². The number of benzene rings is 1. The van der Waals surface area contributed by atoms with E-state index in [0.29, 0.717) is 18.4 Å². The normalized spacial score (nSPS) is 18.0. The van der Waals surface area contributed by atoms with Crippen LogP contribution >= 0.6 is 11.8 Å². The third-order valence-corrected chi connectivity index (χ3v) is 4.56. The second-order valence-corrected chi connectivity index (χ2v) is 7.25. The van der Waals surface area contributed by atoms with Crippen LogP contribution in [0.2, 0.25) is 0 Å². The van der Waals surface area contributed by atoms with Crippen LogP contribution in [0.4, 0.5) is 0 Å². The van der Waals surface area contributed by atoms with Gasteiger partial charge < -0.3 is 0 Å². The Morgan fingerprint density at radius 1 is 1.10 bits per heavy atom. The average molecular weight is 302 g/mol. The van der Waals surface area contributed by atoms with Gasteiger partial charge in [0.05, 0.1) is 5.57 Å². The number of carbonyl (C=O) groups is 2. The van der Waals surface area contributed by atoms with E-state index in [0.717, 1.165) is 12.8 Å². The minimum absolute atomic E-state index is 0.00832. The Morgan fingerprint density at radius 3 is 2.19 bits per heavy atom. The zero-order valence-electron chi connectivity index (χ0n) is 12.9. The van der Waals surface area contributed by atoms with Crippen molar-refractivity contribution < 1.29 is 9.59 Å². The number of rotatable bonds is 4. The molecule has 2 rings (SSSR count). The van der Waals surface area contributed by atoms with Crippen LogP contribution in [-0.4, -0.2) is 17.8 Å². The molecule has 1 fully saturated rings. The SMILES string of the molecule is CSc1ccc(CCC=C2C(=O)CC(C)(C)CC2=O)cc1. The molecule has 0 amide bonds. The molecule has 2 nitrogen and oxygen atoms in total. The van der Waals surface area contributed by atoms with Crippen LogP contribution in [0.25, 0.3) is 0 Å². The number of hydrogen-bond acceptors (Lipinski definition) is 3. The number of aryl methyl sites for hydroxylation is 1. The van der Waals surface area contributed by atoms with E-state index in [4.69, 9.17) is 0 Å². The zero-order valence-corrected chi connectivity index (χ0v) is 13.8. The molecule has 3 heteroatoms. The highest BCUT2D eigenvalue weighted by molar-refractivity contribution is 7.98. The van der Waals surface area contributed by atoms with E-state index in [2.05, 4.69) is 30.5 Å². The summed E-state index contributed by atoms with van der Waals surface area (Å²) in [6.07, 6.45) is 6.46. The minimum Gasteiger partial charge on any atom is -0.294 e. The van der Waals surface area contributed by atoms with E-state index in [1.165, 1.54) is 10.5 Å². The maximum atomic E-state index is 12.1. The van der Waals surface area contributed by atoms with E-state index in [9.17, 15) is 9.59 Å². The molecule has 0 unspecified atom stereocenters. The van der Waals surface area contributed by atoms with Crippen molar-refractivity contribution in [2.24, 2.45) is 5.41 Å². The minimum atomic E-state index is -0.181. The molecule has 1 aliphatic rings. The van der Waals surface area contributed by atoms with Gasteiger partial charge in [-0.2, -0.15) is 0 Å². The molecule has 0 aromatic heterocycles. The molecule has 1 aromatic rings. The third kappa shape index (κ3) is 4.31. The van der Waals surface area contributed by atoms with E-state index >= 15 is 0 Å². The maximum Gasteiger partial charge on any atom is 0.166 e. The molecule has 0 aliphatic heterocycles. The van der Waals surface area contributed by atoms with Crippen LogP contribution in [0, 0.1) is 5.41 Å². The van der Waals surface area contributed by atoms with Crippen molar-refractivity contribution >= 4 is 23.3 Å². The average Bonchev–Trinajstić information content (AvgIpc) is 2.41. The first-order valence-electron chi connectivity index (χ1n) is 7.31. The molecule has 1 saturated carbocycles. The van der Waals surface area contributed by atoms with E-state index < -0.39 is 0 Å². The first-order valence-corrected chi connectivity index (χ1v) is 8.53. The van der Waals surface area contributed by atoms with Gasteiger partial charge in [-0.3, -0.25) is 9.59 Å². The van der Waals surface area contributed by atoms with Gasteiger partial charge in [-0.1, -0.05) is 32.1 Å². The predicted molar refractivity (Wildman–Crippen MR) is 87.7 cm³/mol. The summed E-state index contributed by atoms with van der Waals surface area (Å²) in [4.78, 5) is 25.4. The summed E-state index contributed by atoms with van der Waals surface area (Å²) in [5.41, 5.74) is 1.48. The summed E-state index contributed by atoms with van der Waals surface area (Å²) >= 11 is 1.72. The Bertz CT molecular complexity index is 545. The van der Waals surface area contributed by atoms with Crippen LogP contribution in [0.5, 0.6) is 0 Å². The molecule has 0 spiro atoms. The molecule has 21 heavy (non-hydrogen) atoms. The van der Waals surface area contributed by atoms with Gasteiger partial charge in [0, 0.05) is 17.7 Å². The predicted octanol–water partition coefficient (Wildman–Crippen LogP) is 4.23. The summed E-state index contributed by atoms with van der Waals surface area (Å²) in [6.45, 7) is 3.96. The summed E-state index contributed by atoms with van der Waals surface area (Å²) < 4.78 is 0. The van der Waals surface area contributed by atoms with Gasteiger partial charge in [-0.15, -0.1) is 11.8 Å². The molecule has 1 aromatic carbocycles. The molecule has 0 bridgehead atoms. The van der Waals surface area contributed by atoms with Crippen LogP contribution in [0.1, 0.15) is 38.7 Å². The number of hydrogen-bond donors (Lipinski definition) is 0. The Kier molecular flexibility index (Phi) is 5.04. The quantitative estimate of drug-likeness (QED) is 0.474. The molecular formula is C18H22O2S. The Morgan fingerprint density at radius 2 is 1.67 bits per heavy atom. The van der Waals surface area contributed by atoms with Crippen molar-refractivity contribution in [1.29, 1.82) is 0 Å². The number of thioether (sulfide) groups is 1. The van der Waals surface area contributed by atoms with Gasteiger partial charge in [-0.05, 0) is 42.2 Å². The lowest BCUT2D eigenvalue weighted by atomic mass is 9.74. The lowest BCUT2D eigenvalue weighted by Crippen LogP contribution is -2.31. The summed E-state index contributed by atoms with van der Waals surface area (Å²) in [6, 6.07) is 8.43. The second-order valence-electron chi connectivity index (χ2n) is 6.37. The van der Waals surface area contributed by atoms with Crippen molar-refractivity contribution in [2.45, 2.75) is 44.4 Å². The lowest BCUT2D eigenvalue weighted by Gasteiger charge is -2.28. The van der Waals surface area contributed by atoms with E-state index in [-0.39, 0.29) is 17.0 Å². The standard InChI is InChI=1S/C18H22O2S/c1-18(2)11-16(19)15(17(20)12-18)6-4-5-13-7-9-14(21-3)10-8-13/h6-10H,4-5,11-12H2,1-3H3. The molecule has 0 saturated heterocycles. The maximum absolute atomic E-state index is 12.1. The second kappa shape index (κ2) is 6.61. The molecule has 0 N–H and O–H groups in total. The van der Waals surface area contributed by atoms with Crippen LogP contribution < -0.4 is 0 Å². The highest BCUT2D eigenvalue weighted by atomic mass is 32.2. The van der Waals surface area contributed by atoms with Crippen LogP contribution in [-0.2, 0) is 16.0 Å². The number of Topliss-reactive ketones (excluding diaryl/α,β-unsaturated/α-hetero) is 2. The first-order chi connectivity index (χ1) is 9.91. The molecule has 0 radical (unpaired) electrons. The van der Waals surface area contributed by atoms with Gasteiger partial charge in [-0.25, -0.2) is 0 Å². The van der Waals surface area contributed by atoms with Gasteiger partial charge in [0.15, 0.2) is 11.6 Å². The summed E-state index contributed by atoms with van der Waals surface area (Å²) in [5, 5.41) is 0. The van der Waals surface area contributed by atoms with Crippen molar-refractivity contribution in [3.8, 4) is 0 Å². The fourth-order valence-corrected chi connectivity index (χ4v) is 3.09. The fourth-order valence-electron chi connectivity index (χ4n) is 2.68. The highest BCUT2D eigenvalue weighted by Gasteiger charge is 2.35. The monoisotopic (exact) mass is 302 g/mol. The number of carbonyl (C=O) groups excluding carboxylic acids is 2. The van der Waals surface area contributed by atoms with Gasteiger partial charge >= 0.3 is 0 Å². The smallest absolute Gasteiger partial charge is 0.166 e. The van der Waals surface area contributed by atoms with Crippen molar-refractivity contribution in [3.05, 3.63) is 41.5 Å². The van der Waals surface area contributed by atoms with Crippen molar-refractivity contribution in [2.75, 3.05) is 6.26 Å². The van der Waals surface area contributed by atoms with E-state index in [1.54, 1.807) is 11.8 Å². The summed E-state index contributed by atoms with van der Waals surface area (Å²) in [5.74, 6) is 0.0166. The van der Waals surface area contributed by atoms with Crippen LogP contribution in [0.3, 0.4) is 0 Å². The first kappa shape index (κ1) is 16.0. The van der Waals surface area contributed by atoms with Gasteiger partial charge in [0.1, 0.15) is 0 Å². The number of allylic oxidation sites excluding steroid dienone is 2.